The third-order valence-electron chi connectivity index (χ3n) is 10.7. The minimum Gasteiger partial charge on any atom is -0.248 e. The summed E-state index contributed by atoms with van der Waals surface area (Å²) in [5, 5.41) is 3.57. The molecule has 0 aliphatic rings. The van der Waals surface area contributed by atoms with Gasteiger partial charge in [-0.3, -0.25) is 0 Å². The molecule has 262 valence electrons. The lowest BCUT2D eigenvalue weighted by Crippen LogP contribution is -1.91. The van der Waals surface area contributed by atoms with E-state index in [1.807, 2.05) is 18.2 Å². The van der Waals surface area contributed by atoms with Crippen LogP contribution in [0.3, 0.4) is 0 Å². The maximum absolute atomic E-state index is 5.17. The Bertz CT molecular complexity index is 2920. The maximum Gasteiger partial charge on any atom is 0.0722 e. The van der Waals surface area contributed by atoms with Gasteiger partial charge in [0.25, 0.3) is 0 Å². The normalized spacial score (nSPS) is 11.2. The molecule has 0 atom stereocenters. The zero-order chi connectivity index (χ0) is 37.3. The minimum absolute atomic E-state index is 0.964. The molecule has 0 spiro atoms. The van der Waals surface area contributed by atoms with E-state index in [1.54, 1.807) is 0 Å². The van der Waals surface area contributed by atoms with Gasteiger partial charge in [-0.1, -0.05) is 182 Å². The van der Waals surface area contributed by atoms with E-state index in [9.17, 15) is 0 Å². The highest BCUT2D eigenvalue weighted by Gasteiger charge is 2.14. The third kappa shape index (κ3) is 6.44. The molecule has 0 bridgehead atoms. The van der Waals surface area contributed by atoms with Crippen LogP contribution in [0.15, 0.2) is 218 Å². The molecule has 0 amide bonds. The Labute approximate surface area is 327 Å². The van der Waals surface area contributed by atoms with E-state index >= 15 is 0 Å². The van der Waals surface area contributed by atoms with Crippen molar-refractivity contribution in [2.24, 2.45) is 0 Å². The first-order valence-electron chi connectivity index (χ1n) is 19.1. The van der Waals surface area contributed by atoms with Gasteiger partial charge in [0, 0.05) is 22.1 Å². The zero-order valence-corrected chi connectivity index (χ0v) is 30.7. The van der Waals surface area contributed by atoms with Crippen LogP contribution in [0.4, 0.5) is 0 Å². The van der Waals surface area contributed by atoms with Gasteiger partial charge in [-0.2, -0.15) is 0 Å². The van der Waals surface area contributed by atoms with Gasteiger partial charge in [0.05, 0.1) is 22.6 Å². The second-order valence-corrected chi connectivity index (χ2v) is 14.2. The fourth-order valence-corrected chi connectivity index (χ4v) is 7.79. The average Bonchev–Trinajstić information content (AvgIpc) is 3.29. The fraction of sp³-hybridized carbons (Fsp3) is 0. The van der Waals surface area contributed by atoms with E-state index in [-0.39, 0.29) is 0 Å². The van der Waals surface area contributed by atoms with E-state index in [0.29, 0.717) is 0 Å². The number of fused-ring (bicyclic) bond motifs is 3. The number of pyridine rings is 2. The van der Waals surface area contributed by atoms with E-state index in [0.717, 1.165) is 50.4 Å². The molecule has 0 N–H and O–H groups in total. The van der Waals surface area contributed by atoms with Gasteiger partial charge < -0.3 is 0 Å². The van der Waals surface area contributed by atoms with Crippen LogP contribution in [0.5, 0.6) is 0 Å². The highest BCUT2D eigenvalue weighted by molar-refractivity contribution is 6.14. The first-order chi connectivity index (χ1) is 27.7. The summed E-state index contributed by atoms with van der Waals surface area (Å²) in [6.07, 6.45) is 0. The quantitative estimate of drug-likeness (QED) is 0.154. The lowest BCUT2D eigenvalue weighted by molar-refractivity contribution is 1.32. The molecule has 0 unspecified atom stereocenters. The summed E-state index contributed by atoms with van der Waals surface area (Å²) in [6, 6.07) is 77.6. The molecule has 2 heterocycles. The Morgan fingerprint density at radius 1 is 0.250 bits per heavy atom. The van der Waals surface area contributed by atoms with Crippen molar-refractivity contribution in [2.45, 2.75) is 0 Å². The van der Waals surface area contributed by atoms with Gasteiger partial charge in [0.2, 0.25) is 0 Å². The predicted octanol–water partition coefficient (Wildman–Crippen LogP) is 14.5. The molecule has 2 nitrogen and oxygen atoms in total. The van der Waals surface area contributed by atoms with Crippen molar-refractivity contribution in [1.82, 2.24) is 9.97 Å². The Balaban J connectivity index is 1.00. The number of hydrogen-bond acceptors (Lipinski definition) is 2. The average molecular weight is 713 g/mol. The number of benzene rings is 8. The van der Waals surface area contributed by atoms with Gasteiger partial charge in [0.15, 0.2) is 0 Å². The van der Waals surface area contributed by atoms with Crippen LogP contribution >= 0.6 is 0 Å². The van der Waals surface area contributed by atoms with Crippen molar-refractivity contribution in [3.8, 4) is 78.3 Å². The first kappa shape index (κ1) is 33.2. The summed E-state index contributed by atoms with van der Waals surface area (Å²) in [5.74, 6) is 0. The molecular formula is C54H36N2. The summed E-state index contributed by atoms with van der Waals surface area (Å²) in [6.45, 7) is 0. The molecule has 56 heavy (non-hydrogen) atoms. The molecule has 8 aromatic carbocycles. The standard InChI is InChI=1S/C54H36N2/c1-5-14-39(15-6-1)49-36-53(42-20-11-4-12-21-42)55-50-31-29-46-33-45(28-30-48(46)54(49)50)44-23-13-22-43(32-44)37-24-26-38(27-25-37)47-34-51(40-16-7-2-8-17-40)56-52(35-47)41-18-9-3-10-19-41/h1-36H. The van der Waals surface area contributed by atoms with E-state index in [1.165, 1.54) is 49.5 Å². The number of rotatable bonds is 7. The summed E-state index contributed by atoms with van der Waals surface area (Å²) in [4.78, 5) is 10.2. The molecule has 2 aromatic heterocycles. The Morgan fingerprint density at radius 3 is 1.27 bits per heavy atom. The molecule has 0 radical (unpaired) electrons. The summed E-state index contributed by atoms with van der Waals surface area (Å²) in [7, 11) is 0. The molecule has 10 rings (SSSR count). The van der Waals surface area contributed by atoms with Crippen molar-refractivity contribution < 1.29 is 0 Å². The van der Waals surface area contributed by atoms with E-state index in [4.69, 9.17) is 9.97 Å². The van der Waals surface area contributed by atoms with Crippen molar-refractivity contribution in [3.63, 3.8) is 0 Å². The van der Waals surface area contributed by atoms with Crippen LogP contribution in [0, 0.1) is 0 Å². The monoisotopic (exact) mass is 712 g/mol. The van der Waals surface area contributed by atoms with Gasteiger partial charge in [-0.15, -0.1) is 0 Å². The van der Waals surface area contributed by atoms with Gasteiger partial charge in [0.1, 0.15) is 0 Å². The summed E-state index contributed by atoms with van der Waals surface area (Å²) in [5.41, 5.74) is 16.6. The molecular weight excluding hydrogens is 677 g/mol. The minimum atomic E-state index is 0.964. The second-order valence-electron chi connectivity index (χ2n) is 14.2. The Morgan fingerprint density at radius 2 is 0.696 bits per heavy atom. The number of aromatic nitrogens is 2. The molecule has 0 saturated heterocycles. The molecule has 0 aliphatic carbocycles. The van der Waals surface area contributed by atoms with Gasteiger partial charge in [-0.05, 0) is 91.7 Å². The zero-order valence-electron chi connectivity index (χ0n) is 30.7. The highest BCUT2D eigenvalue weighted by Crippen LogP contribution is 2.39. The van der Waals surface area contributed by atoms with Gasteiger partial charge in [-0.25, -0.2) is 9.97 Å². The smallest absolute Gasteiger partial charge is 0.0722 e. The summed E-state index contributed by atoms with van der Waals surface area (Å²) >= 11 is 0. The van der Waals surface area contributed by atoms with Crippen LogP contribution < -0.4 is 0 Å². The second kappa shape index (κ2) is 14.4. The third-order valence-corrected chi connectivity index (χ3v) is 10.7. The molecule has 2 heteroatoms. The van der Waals surface area contributed by atoms with Crippen molar-refractivity contribution in [2.75, 3.05) is 0 Å². The molecule has 0 aliphatic heterocycles. The molecule has 10 aromatic rings. The topological polar surface area (TPSA) is 25.8 Å². The largest absolute Gasteiger partial charge is 0.248 e. The first-order valence-corrected chi connectivity index (χ1v) is 19.1. The van der Waals surface area contributed by atoms with Gasteiger partial charge >= 0.3 is 0 Å². The van der Waals surface area contributed by atoms with Crippen LogP contribution in [0.25, 0.3) is 100.0 Å². The maximum atomic E-state index is 5.17. The van der Waals surface area contributed by atoms with E-state index in [2.05, 4.69) is 200 Å². The van der Waals surface area contributed by atoms with Crippen LogP contribution in [0.1, 0.15) is 0 Å². The molecule has 0 fully saturated rings. The fourth-order valence-electron chi connectivity index (χ4n) is 7.79. The van der Waals surface area contributed by atoms with Crippen molar-refractivity contribution >= 4 is 21.7 Å². The van der Waals surface area contributed by atoms with Crippen LogP contribution in [0.2, 0.25) is 0 Å². The van der Waals surface area contributed by atoms with Crippen LogP contribution in [-0.4, -0.2) is 9.97 Å². The lowest BCUT2D eigenvalue weighted by atomic mass is 9.92. The lowest BCUT2D eigenvalue weighted by Gasteiger charge is -2.14. The van der Waals surface area contributed by atoms with E-state index < -0.39 is 0 Å². The van der Waals surface area contributed by atoms with Crippen LogP contribution in [-0.2, 0) is 0 Å². The SMILES string of the molecule is c1ccc(-c2cc(-c3ccc(-c4cccc(-c5ccc6c(ccc7nc(-c8ccccc8)cc(-c8ccccc8)c76)c5)c4)cc3)cc(-c3ccccc3)n2)cc1. The number of hydrogen-bond donors (Lipinski definition) is 0. The Hall–Kier alpha value is -7.42. The molecule has 0 saturated carbocycles. The summed E-state index contributed by atoms with van der Waals surface area (Å²) < 4.78 is 0. The predicted molar refractivity (Wildman–Crippen MR) is 235 cm³/mol. The van der Waals surface area contributed by atoms with Crippen molar-refractivity contribution in [3.05, 3.63) is 218 Å². The highest BCUT2D eigenvalue weighted by atomic mass is 14.7. The Kier molecular flexibility index (Phi) is 8.55. The van der Waals surface area contributed by atoms with Crippen molar-refractivity contribution in [1.29, 1.82) is 0 Å². The number of nitrogens with zero attached hydrogens (tertiary/aromatic N) is 2.